The van der Waals surface area contributed by atoms with Crippen molar-refractivity contribution in [2.45, 2.75) is 56.9 Å². The summed E-state index contributed by atoms with van der Waals surface area (Å²) < 4.78 is 29.7. The second-order valence-electron chi connectivity index (χ2n) is 9.61. The number of amides is 1. The maximum absolute atomic E-state index is 13.8. The number of fused-ring (bicyclic) bond motifs is 1. The Balaban J connectivity index is 1.50. The van der Waals surface area contributed by atoms with Gasteiger partial charge in [0.25, 0.3) is 0 Å². The Bertz CT molecular complexity index is 1250. The van der Waals surface area contributed by atoms with Crippen molar-refractivity contribution < 1.29 is 13.6 Å². The van der Waals surface area contributed by atoms with E-state index in [0.29, 0.717) is 18.7 Å². The number of pyridine rings is 1. The first-order valence-corrected chi connectivity index (χ1v) is 12.3. The van der Waals surface area contributed by atoms with Crippen molar-refractivity contribution in [3.63, 3.8) is 0 Å². The fraction of sp³-hybridized carbons (Fsp3) is 0.393. The van der Waals surface area contributed by atoms with Gasteiger partial charge in [0.1, 0.15) is 11.3 Å². The van der Waals surface area contributed by atoms with E-state index in [1.54, 1.807) is 6.20 Å². The zero-order valence-electron chi connectivity index (χ0n) is 20.9. The third kappa shape index (κ3) is 5.03. The first kappa shape index (κ1) is 25.5. The summed E-state index contributed by atoms with van der Waals surface area (Å²) >= 11 is 0. The van der Waals surface area contributed by atoms with Gasteiger partial charge in [-0.3, -0.25) is 9.36 Å². The van der Waals surface area contributed by atoms with Gasteiger partial charge in [-0.2, -0.15) is 0 Å². The minimum atomic E-state index is -2.70. The molecule has 6 nitrogen and oxygen atoms in total. The van der Waals surface area contributed by atoms with Gasteiger partial charge in [0.05, 0.1) is 5.54 Å². The maximum atomic E-state index is 13.8. The highest BCUT2D eigenvalue weighted by molar-refractivity contribution is 5.74. The van der Waals surface area contributed by atoms with E-state index in [1.807, 2.05) is 48.3 Å². The standard InChI is InChI=1S/C28H33F2N5O/c1-5-7-25-33-24-8-6-17-31-26(24)35(25)23-11-9-22(10-12-23)20(2)18-34(4)21(3)27(32-19-36)13-15-28(29,30)16-14-27/h6,8-12,17,19H,2-3,5,7,13-16,18H2,1,4H3,(H,32,36). The number of halogens is 2. The van der Waals surface area contributed by atoms with Gasteiger partial charge in [-0.15, -0.1) is 0 Å². The van der Waals surface area contributed by atoms with Gasteiger partial charge in [0, 0.05) is 50.4 Å². The molecule has 0 radical (unpaired) electrons. The van der Waals surface area contributed by atoms with Crippen LogP contribution in [0, 0.1) is 0 Å². The normalized spacial score (nSPS) is 16.4. The van der Waals surface area contributed by atoms with Crippen LogP contribution < -0.4 is 5.32 Å². The van der Waals surface area contributed by atoms with Crippen molar-refractivity contribution in [1.29, 1.82) is 0 Å². The molecule has 1 aromatic carbocycles. The fourth-order valence-electron chi connectivity index (χ4n) is 4.98. The molecule has 3 aromatic rings. The Kier molecular flexibility index (Phi) is 7.24. The first-order chi connectivity index (χ1) is 17.2. The highest BCUT2D eigenvalue weighted by atomic mass is 19.3. The molecule has 36 heavy (non-hydrogen) atoms. The number of carbonyl (C=O) groups excluding carboxylic acids is 1. The van der Waals surface area contributed by atoms with Gasteiger partial charge in [-0.1, -0.05) is 32.2 Å². The van der Waals surface area contributed by atoms with Crippen LogP contribution in [0.25, 0.3) is 22.4 Å². The zero-order valence-corrected chi connectivity index (χ0v) is 20.9. The third-order valence-electron chi connectivity index (χ3n) is 7.10. The number of benzene rings is 1. The maximum Gasteiger partial charge on any atom is 0.248 e. The minimum absolute atomic E-state index is 0.149. The lowest BCUT2D eigenvalue weighted by atomic mass is 9.77. The number of imidazole rings is 1. The van der Waals surface area contributed by atoms with E-state index in [1.165, 1.54) is 0 Å². The zero-order chi connectivity index (χ0) is 25.9. The van der Waals surface area contributed by atoms with E-state index in [0.717, 1.165) is 46.7 Å². The van der Waals surface area contributed by atoms with E-state index in [-0.39, 0.29) is 25.7 Å². The summed E-state index contributed by atoms with van der Waals surface area (Å²) in [7, 11) is 1.85. The molecule has 0 atom stereocenters. The predicted octanol–water partition coefficient (Wildman–Crippen LogP) is 5.53. The van der Waals surface area contributed by atoms with E-state index in [4.69, 9.17) is 4.98 Å². The molecule has 1 aliphatic carbocycles. The SMILES string of the molecule is C=C(CN(C)C(=C)C1(NC=O)CCC(F)(F)CC1)c1ccc(-n2c(CCC)nc3cccnc32)cc1. The molecule has 190 valence electrons. The summed E-state index contributed by atoms with van der Waals surface area (Å²) in [4.78, 5) is 22.5. The van der Waals surface area contributed by atoms with Crippen LogP contribution in [0.3, 0.4) is 0 Å². The number of carbonyl (C=O) groups is 1. The van der Waals surface area contributed by atoms with Crippen LogP contribution in [0.15, 0.2) is 61.4 Å². The van der Waals surface area contributed by atoms with Crippen LogP contribution in [0.4, 0.5) is 8.78 Å². The number of aromatic nitrogens is 3. The molecule has 1 N–H and O–H groups in total. The van der Waals surface area contributed by atoms with E-state index < -0.39 is 11.5 Å². The molecule has 1 aliphatic rings. The van der Waals surface area contributed by atoms with Crippen molar-refractivity contribution in [3.05, 3.63) is 72.8 Å². The van der Waals surface area contributed by atoms with E-state index >= 15 is 0 Å². The van der Waals surface area contributed by atoms with E-state index in [9.17, 15) is 13.6 Å². The Labute approximate surface area is 210 Å². The average molecular weight is 494 g/mol. The van der Waals surface area contributed by atoms with Gasteiger partial charge in [0.15, 0.2) is 5.65 Å². The topological polar surface area (TPSA) is 63.1 Å². The lowest BCUT2D eigenvalue weighted by Crippen LogP contribution is -2.54. The Hall–Kier alpha value is -3.55. The first-order valence-electron chi connectivity index (χ1n) is 12.3. The Morgan fingerprint density at radius 3 is 2.50 bits per heavy atom. The minimum Gasteiger partial charge on any atom is -0.372 e. The van der Waals surface area contributed by atoms with Crippen molar-refractivity contribution in [2.24, 2.45) is 0 Å². The van der Waals surface area contributed by atoms with Crippen LogP contribution in [0.5, 0.6) is 0 Å². The number of hydrogen-bond acceptors (Lipinski definition) is 4. The van der Waals surface area contributed by atoms with E-state index in [2.05, 4.69) is 34.9 Å². The molecule has 1 fully saturated rings. The summed E-state index contributed by atoms with van der Waals surface area (Å²) in [5, 5.41) is 2.78. The predicted molar refractivity (Wildman–Crippen MR) is 139 cm³/mol. The van der Waals surface area contributed by atoms with Crippen LogP contribution in [0.1, 0.15) is 50.4 Å². The number of alkyl halides is 2. The molecule has 0 aliphatic heterocycles. The molecular formula is C28H33F2N5O. The second kappa shape index (κ2) is 10.2. The highest BCUT2D eigenvalue weighted by Crippen LogP contribution is 2.42. The monoisotopic (exact) mass is 493 g/mol. The van der Waals surface area contributed by atoms with Crippen molar-refractivity contribution in [3.8, 4) is 5.69 Å². The summed E-state index contributed by atoms with van der Waals surface area (Å²) in [6, 6.07) is 11.9. The third-order valence-corrected chi connectivity index (χ3v) is 7.10. The van der Waals surface area contributed by atoms with Gasteiger partial charge < -0.3 is 10.2 Å². The molecule has 8 heteroatoms. The number of hydrogen-bond donors (Lipinski definition) is 1. The smallest absolute Gasteiger partial charge is 0.248 e. The van der Waals surface area contributed by atoms with Crippen LogP contribution in [-0.2, 0) is 11.2 Å². The van der Waals surface area contributed by atoms with Gasteiger partial charge in [-0.25, -0.2) is 18.7 Å². The molecule has 2 aromatic heterocycles. The Morgan fingerprint density at radius 1 is 1.17 bits per heavy atom. The number of nitrogens with zero attached hydrogens (tertiary/aromatic N) is 4. The molecule has 2 heterocycles. The molecule has 4 rings (SSSR count). The van der Waals surface area contributed by atoms with Crippen LogP contribution >= 0.6 is 0 Å². The molecular weight excluding hydrogens is 460 g/mol. The molecule has 0 saturated heterocycles. The summed E-state index contributed by atoms with van der Waals surface area (Å²) in [5.74, 6) is -1.73. The number of rotatable bonds is 10. The van der Waals surface area contributed by atoms with Gasteiger partial charge in [-0.05, 0) is 54.7 Å². The quantitative estimate of drug-likeness (QED) is 0.378. The second-order valence-corrected chi connectivity index (χ2v) is 9.61. The lowest BCUT2D eigenvalue weighted by Gasteiger charge is -2.44. The van der Waals surface area contributed by atoms with Crippen molar-refractivity contribution in [1.82, 2.24) is 24.8 Å². The number of likely N-dealkylation sites (N-methyl/N-ethyl adjacent to an activating group) is 1. The lowest BCUT2D eigenvalue weighted by molar-refractivity contribution is -0.113. The average Bonchev–Trinajstić information content (AvgIpc) is 3.23. The number of aryl methyl sites for hydroxylation is 1. The molecule has 1 amide bonds. The van der Waals surface area contributed by atoms with Gasteiger partial charge >= 0.3 is 0 Å². The highest BCUT2D eigenvalue weighted by Gasteiger charge is 2.45. The largest absolute Gasteiger partial charge is 0.372 e. The van der Waals surface area contributed by atoms with Gasteiger partial charge in [0.2, 0.25) is 12.3 Å². The van der Waals surface area contributed by atoms with Crippen molar-refractivity contribution >= 4 is 23.1 Å². The van der Waals surface area contributed by atoms with Crippen LogP contribution in [-0.4, -0.2) is 50.9 Å². The molecule has 0 unspecified atom stereocenters. The summed E-state index contributed by atoms with van der Waals surface area (Å²) in [6.45, 7) is 11.0. The van der Waals surface area contributed by atoms with Crippen molar-refractivity contribution in [2.75, 3.05) is 13.6 Å². The summed E-state index contributed by atoms with van der Waals surface area (Å²) in [5.41, 5.74) is 4.24. The Morgan fingerprint density at radius 2 is 1.86 bits per heavy atom. The number of nitrogens with one attached hydrogen (secondary N) is 1. The van der Waals surface area contributed by atoms with Crippen LogP contribution in [0.2, 0.25) is 0 Å². The fourth-order valence-corrected chi connectivity index (χ4v) is 4.98. The molecule has 1 saturated carbocycles. The molecule has 0 bridgehead atoms. The molecule has 0 spiro atoms. The summed E-state index contributed by atoms with van der Waals surface area (Å²) in [6.07, 6.45) is 3.92.